The van der Waals surface area contributed by atoms with Gasteiger partial charge >= 0.3 is 0 Å². The Hall–Kier alpha value is -2.04. The van der Waals surface area contributed by atoms with E-state index in [1.807, 2.05) is 37.3 Å². The number of hydrogen-bond donors (Lipinski definition) is 1. The Morgan fingerprint density at radius 2 is 1.92 bits per heavy atom. The topological polar surface area (TPSA) is 47.6 Å². The molecule has 134 valence electrons. The quantitative estimate of drug-likeness (QED) is 0.689. The first-order chi connectivity index (χ1) is 12.0. The lowest BCUT2D eigenvalue weighted by molar-refractivity contribution is 0.0939. The van der Waals surface area contributed by atoms with Crippen LogP contribution in [-0.4, -0.2) is 19.6 Å². The minimum atomic E-state index is -0.137. The van der Waals surface area contributed by atoms with Crippen molar-refractivity contribution < 1.29 is 14.3 Å². The van der Waals surface area contributed by atoms with Crippen molar-refractivity contribution in [1.29, 1.82) is 0 Å². The van der Waals surface area contributed by atoms with Gasteiger partial charge in [0.25, 0.3) is 5.91 Å². The number of ether oxygens (including phenoxy) is 2. The third-order valence-electron chi connectivity index (χ3n) is 3.87. The summed E-state index contributed by atoms with van der Waals surface area (Å²) < 4.78 is 10.9. The van der Waals surface area contributed by atoms with Crippen molar-refractivity contribution in [1.82, 2.24) is 5.32 Å². The standard InChI is InChI=1S/C20H24ClNO3/c1-4-11-25-13-17-12-16(7-10-19(17)24-3)20(23)22-14(2)15-5-8-18(21)9-6-15/h5-10,12,14H,4,11,13H2,1-3H3,(H,22,23)/t14-/m0/s1. The van der Waals surface area contributed by atoms with Crippen LogP contribution < -0.4 is 10.1 Å². The SMILES string of the molecule is CCCOCc1cc(C(=O)N[C@@H](C)c2ccc(Cl)cc2)ccc1OC. The molecule has 0 bridgehead atoms. The van der Waals surface area contributed by atoms with E-state index in [0.717, 1.165) is 23.3 Å². The van der Waals surface area contributed by atoms with Crippen molar-refractivity contribution in [3.63, 3.8) is 0 Å². The number of carbonyl (C=O) groups is 1. The van der Waals surface area contributed by atoms with Gasteiger partial charge in [-0.25, -0.2) is 0 Å². The molecule has 0 aromatic heterocycles. The van der Waals surface area contributed by atoms with Crippen LogP contribution in [0.15, 0.2) is 42.5 Å². The number of rotatable bonds is 8. The summed E-state index contributed by atoms with van der Waals surface area (Å²) >= 11 is 5.91. The van der Waals surface area contributed by atoms with Crippen LogP contribution in [0, 0.1) is 0 Å². The molecule has 0 aliphatic carbocycles. The minimum Gasteiger partial charge on any atom is -0.496 e. The zero-order chi connectivity index (χ0) is 18.2. The Labute approximate surface area is 154 Å². The van der Waals surface area contributed by atoms with Crippen molar-refractivity contribution in [3.05, 3.63) is 64.2 Å². The highest BCUT2D eigenvalue weighted by Gasteiger charge is 2.14. The molecular weight excluding hydrogens is 338 g/mol. The highest BCUT2D eigenvalue weighted by atomic mass is 35.5. The summed E-state index contributed by atoms with van der Waals surface area (Å²) in [5, 5.41) is 3.68. The second-order valence-corrected chi connectivity index (χ2v) is 6.26. The predicted molar refractivity (Wildman–Crippen MR) is 100 cm³/mol. The third-order valence-corrected chi connectivity index (χ3v) is 4.12. The summed E-state index contributed by atoms with van der Waals surface area (Å²) in [6.45, 7) is 5.09. The summed E-state index contributed by atoms with van der Waals surface area (Å²) in [7, 11) is 1.61. The highest BCUT2D eigenvalue weighted by Crippen LogP contribution is 2.22. The Kier molecular flexibility index (Phi) is 7.29. The number of amides is 1. The van der Waals surface area contributed by atoms with Gasteiger partial charge in [0, 0.05) is 22.8 Å². The minimum absolute atomic E-state index is 0.119. The number of hydrogen-bond acceptors (Lipinski definition) is 3. The van der Waals surface area contributed by atoms with Gasteiger partial charge in [0.05, 0.1) is 19.8 Å². The van der Waals surface area contributed by atoms with Gasteiger partial charge in [-0.1, -0.05) is 30.7 Å². The van der Waals surface area contributed by atoms with Gasteiger partial charge in [-0.3, -0.25) is 4.79 Å². The molecule has 0 radical (unpaired) electrons. The van der Waals surface area contributed by atoms with Crippen LogP contribution in [0.25, 0.3) is 0 Å². The first-order valence-electron chi connectivity index (χ1n) is 8.36. The molecule has 1 N–H and O–H groups in total. The van der Waals surface area contributed by atoms with Gasteiger partial charge in [-0.2, -0.15) is 0 Å². The van der Waals surface area contributed by atoms with E-state index in [4.69, 9.17) is 21.1 Å². The van der Waals surface area contributed by atoms with Crippen LogP contribution in [0.1, 0.15) is 47.8 Å². The fraction of sp³-hybridized carbons (Fsp3) is 0.350. The van der Waals surface area contributed by atoms with Gasteiger partial charge in [0.2, 0.25) is 0 Å². The third kappa shape index (κ3) is 5.48. The maximum Gasteiger partial charge on any atom is 0.251 e. The van der Waals surface area contributed by atoms with Crippen molar-refractivity contribution in [3.8, 4) is 5.75 Å². The molecule has 0 heterocycles. The first-order valence-corrected chi connectivity index (χ1v) is 8.74. The molecule has 0 saturated heterocycles. The lowest BCUT2D eigenvalue weighted by atomic mass is 10.1. The number of carbonyl (C=O) groups excluding carboxylic acids is 1. The lowest BCUT2D eigenvalue weighted by Crippen LogP contribution is -2.26. The Balaban J connectivity index is 2.09. The van der Waals surface area contributed by atoms with E-state index in [1.165, 1.54) is 0 Å². The van der Waals surface area contributed by atoms with Crippen molar-refractivity contribution in [2.24, 2.45) is 0 Å². The van der Waals surface area contributed by atoms with Crippen LogP contribution in [0.3, 0.4) is 0 Å². The van der Waals surface area contributed by atoms with Crippen LogP contribution in [0.4, 0.5) is 0 Å². The average Bonchev–Trinajstić information content (AvgIpc) is 2.62. The van der Waals surface area contributed by atoms with E-state index < -0.39 is 0 Å². The fourth-order valence-corrected chi connectivity index (χ4v) is 2.60. The van der Waals surface area contributed by atoms with Crippen molar-refractivity contribution in [2.75, 3.05) is 13.7 Å². The van der Waals surface area contributed by atoms with Crippen LogP contribution >= 0.6 is 11.6 Å². The number of methoxy groups -OCH3 is 1. The molecule has 1 amide bonds. The van der Waals surface area contributed by atoms with Crippen LogP contribution in [0.2, 0.25) is 5.02 Å². The van der Waals surface area contributed by atoms with Gasteiger partial charge in [0.15, 0.2) is 0 Å². The molecule has 2 aromatic rings. The van der Waals surface area contributed by atoms with Crippen molar-refractivity contribution >= 4 is 17.5 Å². The van der Waals surface area contributed by atoms with E-state index >= 15 is 0 Å². The zero-order valence-corrected chi connectivity index (χ0v) is 15.6. The molecule has 5 heteroatoms. The molecule has 0 saturated carbocycles. The van der Waals surface area contributed by atoms with E-state index in [2.05, 4.69) is 12.2 Å². The molecule has 0 unspecified atom stereocenters. The predicted octanol–water partition coefficient (Wildman–Crippen LogP) is 4.77. The second kappa shape index (κ2) is 9.44. The maximum atomic E-state index is 12.6. The molecular formula is C20H24ClNO3. The van der Waals surface area contributed by atoms with E-state index in [-0.39, 0.29) is 11.9 Å². The Morgan fingerprint density at radius 1 is 1.20 bits per heavy atom. The van der Waals surface area contributed by atoms with Gasteiger partial charge < -0.3 is 14.8 Å². The summed E-state index contributed by atoms with van der Waals surface area (Å²) in [4.78, 5) is 12.6. The summed E-state index contributed by atoms with van der Waals surface area (Å²) in [5.74, 6) is 0.584. The smallest absolute Gasteiger partial charge is 0.251 e. The number of benzene rings is 2. The Bertz CT molecular complexity index is 701. The average molecular weight is 362 g/mol. The second-order valence-electron chi connectivity index (χ2n) is 5.83. The Morgan fingerprint density at radius 3 is 2.56 bits per heavy atom. The molecule has 0 aliphatic heterocycles. The van der Waals surface area contributed by atoms with Crippen LogP contribution in [-0.2, 0) is 11.3 Å². The molecule has 25 heavy (non-hydrogen) atoms. The van der Waals surface area contributed by atoms with E-state index in [9.17, 15) is 4.79 Å². The molecule has 2 aromatic carbocycles. The largest absolute Gasteiger partial charge is 0.496 e. The summed E-state index contributed by atoms with van der Waals surface area (Å²) in [6.07, 6.45) is 0.946. The number of halogens is 1. The highest BCUT2D eigenvalue weighted by molar-refractivity contribution is 6.30. The number of nitrogens with one attached hydrogen (secondary N) is 1. The van der Waals surface area contributed by atoms with Gasteiger partial charge in [-0.15, -0.1) is 0 Å². The van der Waals surface area contributed by atoms with Gasteiger partial charge in [0.1, 0.15) is 5.75 Å². The molecule has 1 atom stereocenters. The zero-order valence-electron chi connectivity index (χ0n) is 14.8. The van der Waals surface area contributed by atoms with E-state index in [0.29, 0.717) is 23.8 Å². The first kappa shape index (κ1) is 19.3. The normalized spacial score (nSPS) is 11.8. The molecule has 0 spiro atoms. The molecule has 0 aliphatic rings. The van der Waals surface area contributed by atoms with Gasteiger partial charge in [-0.05, 0) is 49.2 Å². The summed E-state index contributed by atoms with van der Waals surface area (Å²) in [6, 6.07) is 12.7. The molecule has 4 nitrogen and oxygen atoms in total. The maximum absolute atomic E-state index is 12.6. The lowest BCUT2D eigenvalue weighted by Gasteiger charge is -2.16. The van der Waals surface area contributed by atoms with Crippen molar-refractivity contribution in [2.45, 2.75) is 32.9 Å². The fourth-order valence-electron chi connectivity index (χ4n) is 2.47. The molecule has 0 fully saturated rings. The monoisotopic (exact) mass is 361 g/mol. The molecule has 2 rings (SSSR count). The van der Waals surface area contributed by atoms with Crippen LogP contribution in [0.5, 0.6) is 5.75 Å². The van der Waals surface area contributed by atoms with E-state index in [1.54, 1.807) is 19.2 Å². The summed E-state index contributed by atoms with van der Waals surface area (Å²) in [5.41, 5.74) is 2.44.